The molecule has 2 aromatic rings. The number of benzene rings is 1. The molecule has 0 unspecified atom stereocenters. The van der Waals surface area contributed by atoms with E-state index in [9.17, 15) is 10.1 Å². The van der Waals surface area contributed by atoms with Gasteiger partial charge in [0.2, 0.25) is 11.8 Å². The van der Waals surface area contributed by atoms with Crippen LogP contribution in [-0.4, -0.2) is 27.4 Å². The van der Waals surface area contributed by atoms with Gasteiger partial charge in [-0.05, 0) is 49.9 Å². The number of nitrogens with one attached hydrogen (secondary N) is 1. The Morgan fingerprint density at radius 3 is 2.71 bits per heavy atom. The number of carbonyl (C=O) groups excluding carboxylic acids is 1. The van der Waals surface area contributed by atoms with Gasteiger partial charge in [0.05, 0.1) is 11.8 Å². The molecule has 0 radical (unpaired) electrons. The van der Waals surface area contributed by atoms with Crippen molar-refractivity contribution in [2.75, 3.05) is 5.75 Å². The third-order valence-corrected chi connectivity index (χ3v) is 4.94. The van der Waals surface area contributed by atoms with Crippen LogP contribution < -0.4 is 5.32 Å². The summed E-state index contributed by atoms with van der Waals surface area (Å²) in [6.45, 7) is 0. The summed E-state index contributed by atoms with van der Waals surface area (Å²) in [5.41, 5.74) is 0.0543. The minimum Gasteiger partial charge on any atom is -0.411 e. The largest absolute Gasteiger partial charge is 0.411 e. The number of aromatic nitrogens is 2. The molecule has 1 aromatic heterocycles. The van der Waals surface area contributed by atoms with E-state index in [0.29, 0.717) is 29.0 Å². The monoisotopic (exact) mass is 362 g/mol. The van der Waals surface area contributed by atoms with Crippen LogP contribution >= 0.6 is 23.4 Å². The zero-order chi connectivity index (χ0) is 17.0. The maximum atomic E-state index is 12.1. The Morgan fingerprint density at radius 2 is 2.04 bits per heavy atom. The van der Waals surface area contributed by atoms with E-state index in [1.807, 2.05) is 0 Å². The van der Waals surface area contributed by atoms with Crippen molar-refractivity contribution in [1.82, 2.24) is 15.5 Å². The molecule has 1 amide bonds. The first-order valence-electron chi connectivity index (χ1n) is 7.55. The summed E-state index contributed by atoms with van der Waals surface area (Å²) in [5, 5.41) is 20.9. The second-order valence-electron chi connectivity index (χ2n) is 5.62. The van der Waals surface area contributed by atoms with Crippen LogP contribution in [0.4, 0.5) is 0 Å². The van der Waals surface area contributed by atoms with Gasteiger partial charge in [0, 0.05) is 10.6 Å². The quantitative estimate of drug-likeness (QED) is 0.819. The van der Waals surface area contributed by atoms with Gasteiger partial charge in [-0.25, -0.2) is 0 Å². The average molecular weight is 363 g/mol. The molecule has 1 fully saturated rings. The minimum absolute atomic E-state index is 0.131. The van der Waals surface area contributed by atoms with E-state index in [-0.39, 0.29) is 11.7 Å². The van der Waals surface area contributed by atoms with Gasteiger partial charge in [-0.3, -0.25) is 4.79 Å². The van der Waals surface area contributed by atoms with Gasteiger partial charge >= 0.3 is 0 Å². The van der Waals surface area contributed by atoms with Crippen molar-refractivity contribution in [3.8, 4) is 17.5 Å². The predicted molar refractivity (Wildman–Crippen MR) is 90.4 cm³/mol. The van der Waals surface area contributed by atoms with Gasteiger partial charge in [0.15, 0.2) is 0 Å². The molecule has 3 rings (SSSR count). The molecule has 1 heterocycles. The number of rotatable bonds is 5. The van der Waals surface area contributed by atoms with Crippen LogP contribution in [-0.2, 0) is 4.79 Å². The van der Waals surface area contributed by atoms with E-state index in [0.717, 1.165) is 30.2 Å². The lowest BCUT2D eigenvalue weighted by atomic mass is 10.0. The zero-order valence-corrected chi connectivity index (χ0v) is 14.4. The van der Waals surface area contributed by atoms with Crippen LogP contribution in [0.15, 0.2) is 33.9 Å². The number of carbonyl (C=O) groups is 1. The maximum absolute atomic E-state index is 12.1. The number of hydrogen-bond acceptors (Lipinski definition) is 6. The highest BCUT2D eigenvalue weighted by Gasteiger charge is 2.35. The van der Waals surface area contributed by atoms with Crippen molar-refractivity contribution in [1.29, 1.82) is 5.26 Å². The van der Waals surface area contributed by atoms with Gasteiger partial charge in [-0.15, -0.1) is 10.2 Å². The van der Waals surface area contributed by atoms with Gasteiger partial charge in [-0.2, -0.15) is 5.26 Å². The predicted octanol–water partition coefficient (Wildman–Crippen LogP) is 3.43. The number of thioether (sulfide) groups is 1. The molecule has 8 heteroatoms. The molecule has 24 heavy (non-hydrogen) atoms. The lowest BCUT2D eigenvalue weighted by molar-refractivity contribution is -0.119. The molecule has 1 aromatic carbocycles. The number of nitriles is 1. The van der Waals surface area contributed by atoms with Crippen molar-refractivity contribution < 1.29 is 9.21 Å². The van der Waals surface area contributed by atoms with Gasteiger partial charge < -0.3 is 9.73 Å². The standard InChI is InChI=1S/C16H15ClN4O2S/c17-12-5-3-11(4-6-12)14-20-21-15(23-14)24-9-13(22)19-16(10-18)7-1-2-8-16/h3-6H,1-2,7-9H2,(H,19,22). The summed E-state index contributed by atoms with van der Waals surface area (Å²) < 4.78 is 5.53. The van der Waals surface area contributed by atoms with Gasteiger partial charge in [0.25, 0.3) is 5.22 Å². The molecule has 1 saturated carbocycles. The van der Waals surface area contributed by atoms with Crippen molar-refractivity contribution >= 4 is 29.3 Å². The molecule has 0 saturated heterocycles. The van der Waals surface area contributed by atoms with E-state index in [1.54, 1.807) is 24.3 Å². The average Bonchev–Trinajstić information content (AvgIpc) is 3.24. The summed E-state index contributed by atoms with van der Waals surface area (Å²) in [4.78, 5) is 12.1. The second-order valence-corrected chi connectivity index (χ2v) is 6.98. The molecule has 0 aliphatic heterocycles. The Kier molecular flexibility index (Phi) is 5.07. The topological polar surface area (TPSA) is 91.8 Å². The third kappa shape index (κ3) is 3.89. The molecular weight excluding hydrogens is 348 g/mol. The van der Waals surface area contributed by atoms with Crippen LogP contribution in [0.5, 0.6) is 0 Å². The van der Waals surface area contributed by atoms with Gasteiger partial charge in [-0.1, -0.05) is 23.4 Å². The molecule has 1 aliphatic rings. The van der Waals surface area contributed by atoms with Crippen molar-refractivity contribution in [3.05, 3.63) is 29.3 Å². The molecule has 1 N–H and O–H groups in total. The smallest absolute Gasteiger partial charge is 0.277 e. The summed E-state index contributed by atoms with van der Waals surface area (Å²) in [5.74, 6) is 0.305. The number of nitrogens with zero attached hydrogens (tertiary/aromatic N) is 3. The van der Waals surface area contributed by atoms with E-state index in [4.69, 9.17) is 16.0 Å². The normalized spacial score (nSPS) is 15.8. The highest BCUT2D eigenvalue weighted by Crippen LogP contribution is 2.29. The van der Waals surface area contributed by atoms with E-state index >= 15 is 0 Å². The van der Waals surface area contributed by atoms with E-state index in [2.05, 4.69) is 21.6 Å². The molecule has 1 aliphatic carbocycles. The maximum Gasteiger partial charge on any atom is 0.277 e. The molecule has 0 spiro atoms. The summed E-state index contributed by atoms with van der Waals surface area (Å²) in [7, 11) is 0. The fraction of sp³-hybridized carbons (Fsp3) is 0.375. The van der Waals surface area contributed by atoms with E-state index < -0.39 is 5.54 Å². The lowest BCUT2D eigenvalue weighted by Crippen LogP contribution is -2.45. The molecule has 0 atom stereocenters. The number of hydrogen-bond donors (Lipinski definition) is 1. The summed E-state index contributed by atoms with van der Waals surface area (Å²) >= 11 is 7.00. The second kappa shape index (κ2) is 7.24. The SMILES string of the molecule is N#CC1(NC(=O)CSc2nnc(-c3ccc(Cl)cc3)o2)CCCC1. The van der Waals surface area contributed by atoms with Crippen molar-refractivity contribution in [2.45, 2.75) is 36.4 Å². The molecule has 124 valence electrons. The van der Waals surface area contributed by atoms with Crippen molar-refractivity contribution in [2.24, 2.45) is 0 Å². The third-order valence-electron chi connectivity index (χ3n) is 3.87. The summed E-state index contributed by atoms with van der Waals surface area (Å²) in [6, 6.07) is 9.28. The Hall–Kier alpha value is -2.04. The van der Waals surface area contributed by atoms with Crippen LogP contribution in [0.25, 0.3) is 11.5 Å². The number of amides is 1. The Bertz CT molecular complexity index is 763. The zero-order valence-electron chi connectivity index (χ0n) is 12.8. The lowest BCUT2D eigenvalue weighted by Gasteiger charge is -2.21. The first kappa shape index (κ1) is 16.8. The first-order valence-corrected chi connectivity index (χ1v) is 8.91. The highest BCUT2D eigenvalue weighted by atomic mass is 35.5. The molecular formula is C16H15ClN4O2S. The molecule has 6 nitrogen and oxygen atoms in total. The fourth-order valence-corrected chi connectivity index (χ4v) is 3.34. The fourth-order valence-electron chi connectivity index (χ4n) is 2.65. The molecule has 0 bridgehead atoms. The minimum atomic E-state index is -0.707. The Balaban J connectivity index is 1.56. The Labute approximate surface area is 148 Å². The van der Waals surface area contributed by atoms with Crippen LogP contribution in [0.2, 0.25) is 5.02 Å². The number of halogens is 1. The highest BCUT2D eigenvalue weighted by molar-refractivity contribution is 7.99. The van der Waals surface area contributed by atoms with Crippen molar-refractivity contribution in [3.63, 3.8) is 0 Å². The van der Waals surface area contributed by atoms with Crippen LogP contribution in [0.3, 0.4) is 0 Å². The van der Waals surface area contributed by atoms with Crippen LogP contribution in [0, 0.1) is 11.3 Å². The van der Waals surface area contributed by atoms with E-state index in [1.165, 1.54) is 0 Å². The Morgan fingerprint density at radius 1 is 1.33 bits per heavy atom. The van der Waals surface area contributed by atoms with Gasteiger partial charge in [0.1, 0.15) is 5.54 Å². The van der Waals surface area contributed by atoms with Crippen LogP contribution in [0.1, 0.15) is 25.7 Å². The summed E-state index contributed by atoms with van der Waals surface area (Å²) in [6.07, 6.45) is 3.35. The first-order chi connectivity index (χ1) is 11.6.